The molecule has 1 N–H and O–H groups in total. The van der Waals surface area contributed by atoms with E-state index in [0.29, 0.717) is 24.7 Å². The molecule has 0 fully saturated rings. The molecule has 7 nitrogen and oxygen atoms in total. The average Bonchev–Trinajstić information content (AvgIpc) is 2.87. The quantitative estimate of drug-likeness (QED) is 0.812. The van der Waals surface area contributed by atoms with Gasteiger partial charge in [0.2, 0.25) is 5.89 Å². The van der Waals surface area contributed by atoms with E-state index in [1.54, 1.807) is 0 Å². The van der Waals surface area contributed by atoms with Crippen molar-refractivity contribution in [2.24, 2.45) is 0 Å². The van der Waals surface area contributed by atoms with Gasteiger partial charge in [0.05, 0.1) is 11.8 Å². The van der Waals surface area contributed by atoms with E-state index in [1.165, 1.54) is 17.1 Å². The Labute approximate surface area is 90.7 Å². The van der Waals surface area contributed by atoms with Crippen molar-refractivity contribution in [3.05, 3.63) is 29.7 Å². The van der Waals surface area contributed by atoms with Crippen LogP contribution in [0.15, 0.2) is 16.9 Å². The van der Waals surface area contributed by atoms with Gasteiger partial charge in [-0.2, -0.15) is 10.1 Å². The molecular formula is C9H10N4O3. The lowest BCUT2D eigenvalue weighted by molar-refractivity contribution is 0.0697. The lowest BCUT2D eigenvalue weighted by Crippen LogP contribution is -2.02. The van der Waals surface area contributed by atoms with Crippen molar-refractivity contribution in [3.63, 3.8) is 0 Å². The Morgan fingerprint density at radius 1 is 1.62 bits per heavy atom. The van der Waals surface area contributed by atoms with Crippen molar-refractivity contribution in [3.8, 4) is 0 Å². The highest BCUT2D eigenvalue weighted by molar-refractivity contribution is 5.86. The smallest absolute Gasteiger partial charge is 0.338 e. The van der Waals surface area contributed by atoms with Crippen molar-refractivity contribution < 1.29 is 14.4 Å². The second-order valence-electron chi connectivity index (χ2n) is 3.19. The summed E-state index contributed by atoms with van der Waals surface area (Å²) in [5.41, 5.74) is 0.138. The predicted molar refractivity (Wildman–Crippen MR) is 52.0 cm³/mol. The normalized spacial score (nSPS) is 10.6. The molecule has 0 spiro atoms. The third-order valence-corrected chi connectivity index (χ3v) is 2.00. The van der Waals surface area contributed by atoms with Gasteiger partial charge in [0.25, 0.3) is 0 Å². The van der Waals surface area contributed by atoms with E-state index in [0.717, 1.165) is 0 Å². The van der Waals surface area contributed by atoms with Crippen molar-refractivity contribution in [2.45, 2.75) is 19.9 Å². The molecule has 0 saturated heterocycles. The molecule has 0 atom stereocenters. The van der Waals surface area contributed by atoms with Crippen LogP contribution < -0.4 is 0 Å². The minimum Gasteiger partial charge on any atom is -0.478 e. The van der Waals surface area contributed by atoms with E-state index in [1.807, 2.05) is 6.92 Å². The topological polar surface area (TPSA) is 94.0 Å². The standard InChI is InChI=1S/C9H10N4O3/c1-2-8-11-7(12-16-8)5-13-4-6(3-10-13)9(14)15/h3-4H,2,5H2,1H3,(H,14,15). The van der Waals surface area contributed by atoms with Crippen molar-refractivity contribution in [1.82, 2.24) is 19.9 Å². The Morgan fingerprint density at radius 2 is 2.44 bits per heavy atom. The third kappa shape index (κ3) is 2.08. The van der Waals surface area contributed by atoms with Gasteiger partial charge in [-0.1, -0.05) is 12.1 Å². The maximum absolute atomic E-state index is 10.6. The van der Waals surface area contributed by atoms with Gasteiger partial charge >= 0.3 is 5.97 Å². The molecule has 2 aromatic heterocycles. The first-order valence-electron chi connectivity index (χ1n) is 4.76. The molecule has 0 amide bonds. The number of carbonyl (C=O) groups is 1. The van der Waals surface area contributed by atoms with Crippen molar-refractivity contribution in [1.29, 1.82) is 0 Å². The maximum Gasteiger partial charge on any atom is 0.338 e. The summed E-state index contributed by atoms with van der Waals surface area (Å²) in [6.07, 6.45) is 3.37. The van der Waals surface area contributed by atoms with Crippen LogP contribution in [0, 0.1) is 0 Å². The van der Waals surface area contributed by atoms with E-state index in [9.17, 15) is 4.79 Å². The van der Waals surface area contributed by atoms with Gasteiger partial charge in [0, 0.05) is 12.6 Å². The molecular weight excluding hydrogens is 212 g/mol. The summed E-state index contributed by atoms with van der Waals surface area (Å²) < 4.78 is 6.37. The van der Waals surface area contributed by atoms with Crippen LogP contribution in [0.3, 0.4) is 0 Å². The second-order valence-corrected chi connectivity index (χ2v) is 3.19. The molecule has 0 aromatic carbocycles. The lowest BCUT2D eigenvalue weighted by atomic mass is 10.4. The molecule has 2 aromatic rings. The number of aromatic carboxylic acids is 1. The predicted octanol–water partition coefficient (Wildman–Crippen LogP) is 0.575. The fourth-order valence-corrected chi connectivity index (χ4v) is 1.20. The van der Waals surface area contributed by atoms with Crippen LogP contribution in [0.5, 0.6) is 0 Å². The van der Waals surface area contributed by atoms with Gasteiger partial charge in [0.1, 0.15) is 6.54 Å². The fraction of sp³-hybridized carbons (Fsp3) is 0.333. The minimum absolute atomic E-state index is 0.138. The Kier molecular flexibility index (Phi) is 2.67. The largest absolute Gasteiger partial charge is 0.478 e. The van der Waals surface area contributed by atoms with Gasteiger partial charge in [-0.3, -0.25) is 4.68 Å². The first kappa shape index (κ1) is 10.3. The van der Waals surface area contributed by atoms with E-state index < -0.39 is 5.97 Å². The lowest BCUT2D eigenvalue weighted by Gasteiger charge is -1.93. The van der Waals surface area contributed by atoms with E-state index >= 15 is 0 Å². The molecule has 0 radical (unpaired) electrons. The first-order valence-corrected chi connectivity index (χ1v) is 4.76. The monoisotopic (exact) mass is 222 g/mol. The summed E-state index contributed by atoms with van der Waals surface area (Å²) >= 11 is 0. The van der Waals surface area contributed by atoms with Gasteiger partial charge in [0.15, 0.2) is 5.82 Å². The zero-order valence-electron chi connectivity index (χ0n) is 8.62. The summed E-state index contributed by atoms with van der Waals surface area (Å²) in [4.78, 5) is 14.7. The first-order chi connectivity index (χ1) is 7.69. The van der Waals surface area contributed by atoms with Gasteiger partial charge in [-0.15, -0.1) is 0 Å². The third-order valence-electron chi connectivity index (χ3n) is 2.00. The van der Waals surface area contributed by atoms with Crippen molar-refractivity contribution >= 4 is 5.97 Å². The molecule has 2 rings (SSSR count). The Bertz CT molecular complexity index is 502. The molecule has 2 heterocycles. The highest BCUT2D eigenvalue weighted by Crippen LogP contribution is 2.02. The molecule has 84 valence electrons. The number of hydrogen-bond donors (Lipinski definition) is 1. The average molecular weight is 222 g/mol. The number of aryl methyl sites for hydroxylation is 1. The molecule has 0 saturated carbocycles. The van der Waals surface area contributed by atoms with E-state index in [4.69, 9.17) is 9.63 Å². The van der Waals surface area contributed by atoms with Crippen LogP contribution in [0.25, 0.3) is 0 Å². The zero-order valence-corrected chi connectivity index (χ0v) is 8.62. The summed E-state index contributed by atoms with van der Waals surface area (Å²) in [5, 5.41) is 16.3. The van der Waals surface area contributed by atoms with Crippen LogP contribution in [0.2, 0.25) is 0 Å². The number of aromatic nitrogens is 4. The molecule has 0 unspecified atom stereocenters. The van der Waals surface area contributed by atoms with Gasteiger partial charge in [-0.05, 0) is 0 Å². The fourth-order valence-electron chi connectivity index (χ4n) is 1.20. The number of carboxylic acid groups (broad SMARTS) is 1. The highest BCUT2D eigenvalue weighted by atomic mass is 16.5. The Morgan fingerprint density at radius 3 is 3.00 bits per heavy atom. The number of rotatable bonds is 4. The second kappa shape index (κ2) is 4.13. The molecule has 0 bridgehead atoms. The Balaban J connectivity index is 2.11. The summed E-state index contributed by atoms with van der Waals surface area (Å²) in [6, 6.07) is 0. The highest BCUT2D eigenvalue weighted by Gasteiger charge is 2.09. The summed E-state index contributed by atoms with van der Waals surface area (Å²) in [7, 11) is 0. The van der Waals surface area contributed by atoms with Gasteiger partial charge < -0.3 is 9.63 Å². The van der Waals surface area contributed by atoms with Gasteiger partial charge in [-0.25, -0.2) is 4.79 Å². The number of carboxylic acids is 1. The van der Waals surface area contributed by atoms with E-state index in [-0.39, 0.29) is 5.56 Å². The molecule has 0 aliphatic heterocycles. The molecule has 7 heteroatoms. The summed E-state index contributed by atoms with van der Waals surface area (Å²) in [5.74, 6) is 0.0334. The molecule has 0 aliphatic carbocycles. The zero-order chi connectivity index (χ0) is 11.5. The maximum atomic E-state index is 10.6. The van der Waals surface area contributed by atoms with Crippen LogP contribution in [-0.2, 0) is 13.0 Å². The SMILES string of the molecule is CCc1nc(Cn2cc(C(=O)O)cn2)no1. The number of hydrogen-bond acceptors (Lipinski definition) is 5. The number of nitrogens with zero attached hydrogens (tertiary/aromatic N) is 4. The summed E-state index contributed by atoms with van der Waals surface area (Å²) in [6.45, 7) is 2.21. The van der Waals surface area contributed by atoms with Crippen LogP contribution in [0.4, 0.5) is 0 Å². The van der Waals surface area contributed by atoms with Crippen LogP contribution in [0.1, 0.15) is 29.0 Å². The van der Waals surface area contributed by atoms with Crippen LogP contribution >= 0.6 is 0 Å². The van der Waals surface area contributed by atoms with E-state index in [2.05, 4.69) is 15.2 Å². The van der Waals surface area contributed by atoms with Crippen molar-refractivity contribution in [2.75, 3.05) is 0 Å². The minimum atomic E-state index is -1.01. The molecule has 16 heavy (non-hydrogen) atoms. The van der Waals surface area contributed by atoms with Crippen LogP contribution in [-0.4, -0.2) is 31.0 Å². The molecule has 0 aliphatic rings. The Hall–Kier alpha value is -2.18.